The first-order chi connectivity index (χ1) is 14.2. The molecule has 152 valence electrons. The van der Waals surface area contributed by atoms with Crippen LogP contribution in [0.15, 0.2) is 54.6 Å². The van der Waals surface area contributed by atoms with Crippen LogP contribution in [0.4, 0.5) is 21.0 Å². The van der Waals surface area contributed by atoms with Gasteiger partial charge in [0.25, 0.3) is 0 Å². The van der Waals surface area contributed by atoms with Crippen LogP contribution >= 0.6 is 0 Å². The summed E-state index contributed by atoms with van der Waals surface area (Å²) >= 11 is 0. The van der Waals surface area contributed by atoms with Crippen molar-refractivity contribution in [2.24, 2.45) is 0 Å². The Morgan fingerprint density at radius 3 is 2.52 bits per heavy atom. The number of likely N-dealkylation sites (tertiary alicyclic amines) is 1. The van der Waals surface area contributed by atoms with Crippen molar-refractivity contribution < 1.29 is 14.3 Å². The molecule has 7 nitrogen and oxygen atoms in total. The molecule has 2 aliphatic rings. The Balaban J connectivity index is 1.37. The lowest BCUT2D eigenvalue weighted by Gasteiger charge is -2.26. The van der Waals surface area contributed by atoms with Gasteiger partial charge in [-0.3, -0.25) is 4.90 Å². The Labute approximate surface area is 170 Å². The number of hydrogen-bond donors (Lipinski definition) is 2. The lowest BCUT2D eigenvalue weighted by atomic mass is 10.1. The Bertz CT molecular complexity index is 852. The van der Waals surface area contributed by atoms with E-state index in [9.17, 15) is 9.59 Å². The van der Waals surface area contributed by atoms with E-state index >= 15 is 0 Å². The van der Waals surface area contributed by atoms with Crippen molar-refractivity contribution in [3.8, 4) is 0 Å². The van der Waals surface area contributed by atoms with Gasteiger partial charge in [0.05, 0.1) is 6.04 Å². The maximum Gasteiger partial charge on any atom is 0.410 e. The highest BCUT2D eigenvalue weighted by molar-refractivity contribution is 5.99. The molecule has 0 aromatic heterocycles. The number of rotatable bonds is 6. The maximum absolute atomic E-state index is 12.2. The van der Waals surface area contributed by atoms with E-state index in [0.717, 1.165) is 30.9 Å². The van der Waals surface area contributed by atoms with Gasteiger partial charge in [0.15, 0.2) is 0 Å². The van der Waals surface area contributed by atoms with E-state index in [1.165, 1.54) is 12.8 Å². The van der Waals surface area contributed by atoms with Crippen LogP contribution in [0.2, 0.25) is 0 Å². The van der Waals surface area contributed by atoms with Gasteiger partial charge in [-0.2, -0.15) is 0 Å². The number of cyclic esters (lactones) is 1. The van der Waals surface area contributed by atoms with Gasteiger partial charge in [0, 0.05) is 24.5 Å². The number of amides is 3. The van der Waals surface area contributed by atoms with Crippen LogP contribution < -0.4 is 10.6 Å². The summed E-state index contributed by atoms with van der Waals surface area (Å²) < 4.78 is 5.30. The number of nitrogens with zero attached hydrogens (tertiary/aromatic N) is 2. The monoisotopic (exact) mass is 394 g/mol. The Hall–Kier alpha value is -3.06. The lowest BCUT2D eigenvalue weighted by molar-refractivity contribution is 0.154. The SMILES string of the molecule is O=C(Nc1ccccc1)Nc1cccc(CN2C(=O)OCC2CN2CCCC2)c1. The van der Waals surface area contributed by atoms with E-state index in [0.29, 0.717) is 18.8 Å². The summed E-state index contributed by atoms with van der Waals surface area (Å²) in [7, 11) is 0. The second-order valence-corrected chi connectivity index (χ2v) is 7.51. The number of nitrogens with one attached hydrogen (secondary N) is 2. The molecule has 0 radical (unpaired) electrons. The van der Waals surface area contributed by atoms with Gasteiger partial charge in [0.2, 0.25) is 0 Å². The summed E-state index contributed by atoms with van der Waals surface area (Å²) in [5, 5.41) is 5.64. The minimum atomic E-state index is -0.305. The summed E-state index contributed by atoms with van der Waals surface area (Å²) in [6.45, 7) is 3.94. The molecule has 29 heavy (non-hydrogen) atoms. The molecule has 2 heterocycles. The summed E-state index contributed by atoms with van der Waals surface area (Å²) in [4.78, 5) is 28.6. The van der Waals surface area contributed by atoms with Crippen molar-refractivity contribution >= 4 is 23.5 Å². The Morgan fingerprint density at radius 2 is 1.72 bits per heavy atom. The van der Waals surface area contributed by atoms with E-state index in [2.05, 4.69) is 15.5 Å². The van der Waals surface area contributed by atoms with Crippen molar-refractivity contribution in [2.75, 3.05) is 36.9 Å². The average Bonchev–Trinajstić information content (AvgIpc) is 3.34. The van der Waals surface area contributed by atoms with Gasteiger partial charge >= 0.3 is 12.1 Å². The zero-order valence-electron chi connectivity index (χ0n) is 16.3. The van der Waals surface area contributed by atoms with Crippen molar-refractivity contribution in [1.29, 1.82) is 0 Å². The lowest BCUT2D eigenvalue weighted by Crippen LogP contribution is -2.41. The molecule has 2 saturated heterocycles. The molecule has 4 rings (SSSR count). The quantitative estimate of drug-likeness (QED) is 0.783. The van der Waals surface area contributed by atoms with Crippen LogP contribution in [0.25, 0.3) is 0 Å². The van der Waals surface area contributed by atoms with Crippen molar-refractivity contribution in [3.05, 3.63) is 60.2 Å². The van der Waals surface area contributed by atoms with Crippen LogP contribution in [0.5, 0.6) is 0 Å². The van der Waals surface area contributed by atoms with Gasteiger partial charge in [-0.15, -0.1) is 0 Å². The van der Waals surface area contributed by atoms with Crippen LogP contribution in [-0.4, -0.2) is 54.2 Å². The number of anilines is 2. The molecular weight excluding hydrogens is 368 g/mol. The first-order valence-corrected chi connectivity index (χ1v) is 10.0. The standard InChI is InChI=1S/C22H26N4O3/c27-21(23-18-8-2-1-3-9-18)24-19-10-6-7-17(13-19)14-26-20(16-29-22(26)28)15-25-11-4-5-12-25/h1-3,6-10,13,20H,4-5,11-12,14-16H2,(H2,23,24,27). The molecule has 2 N–H and O–H groups in total. The fourth-order valence-corrected chi connectivity index (χ4v) is 3.86. The van der Waals surface area contributed by atoms with Gasteiger partial charge in [0.1, 0.15) is 6.61 Å². The molecular formula is C22H26N4O3. The van der Waals surface area contributed by atoms with Crippen LogP contribution in [-0.2, 0) is 11.3 Å². The number of ether oxygens (including phenoxy) is 1. The van der Waals surface area contributed by atoms with E-state index in [1.54, 1.807) is 4.90 Å². The second-order valence-electron chi connectivity index (χ2n) is 7.51. The van der Waals surface area contributed by atoms with E-state index in [4.69, 9.17) is 4.74 Å². The molecule has 2 aromatic rings. The molecule has 7 heteroatoms. The third-order valence-electron chi connectivity index (χ3n) is 5.31. The Kier molecular flexibility index (Phi) is 5.95. The maximum atomic E-state index is 12.2. The average molecular weight is 394 g/mol. The molecule has 2 fully saturated rings. The topological polar surface area (TPSA) is 73.9 Å². The first kappa shape index (κ1) is 19.3. The van der Waals surface area contributed by atoms with Crippen LogP contribution in [0, 0.1) is 0 Å². The number of hydrogen-bond acceptors (Lipinski definition) is 4. The van der Waals surface area contributed by atoms with E-state index < -0.39 is 0 Å². The fourth-order valence-electron chi connectivity index (χ4n) is 3.86. The van der Waals surface area contributed by atoms with Gasteiger partial charge in [-0.25, -0.2) is 9.59 Å². The highest BCUT2D eigenvalue weighted by Gasteiger charge is 2.34. The van der Waals surface area contributed by atoms with E-state index in [-0.39, 0.29) is 18.2 Å². The summed E-state index contributed by atoms with van der Waals surface area (Å²) in [5.74, 6) is 0. The third kappa shape index (κ3) is 5.06. The third-order valence-corrected chi connectivity index (χ3v) is 5.31. The molecule has 2 aliphatic heterocycles. The molecule has 1 atom stereocenters. The number of para-hydroxylation sites is 1. The van der Waals surface area contributed by atoms with Crippen molar-refractivity contribution in [2.45, 2.75) is 25.4 Å². The summed E-state index contributed by atoms with van der Waals surface area (Å²) in [6.07, 6.45) is 2.18. The van der Waals surface area contributed by atoms with Crippen LogP contribution in [0.1, 0.15) is 18.4 Å². The van der Waals surface area contributed by atoms with Gasteiger partial charge in [-0.1, -0.05) is 30.3 Å². The predicted molar refractivity (Wildman–Crippen MR) is 112 cm³/mol. The molecule has 0 aliphatic carbocycles. The van der Waals surface area contributed by atoms with Gasteiger partial charge < -0.3 is 20.3 Å². The molecule has 3 amide bonds. The minimum absolute atomic E-state index is 0.0681. The molecule has 0 saturated carbocycles. The van der Waals surface area contributed by atoms with Crippen molar-refractivity contribution in [1.82, 2.24) is 9.80 Å². The second kappa shape index (κ2) is 8.96. The summed E-state index contributed by atoms with van der Waals surface area (Å²) in [5.41, 5.74) is 2.36. The zero-order chi connectivity index (χ0) is 20.1. The molecule has 2 aromatic carbocycles. The number of benzene rings is 2. The largest absolute Gasteiger partial charge is 0.447 e. The molecule has 1 unspecified atom stereocenters. The summed E-state index contributed by atoms with van der Waals surface area (Å²) in [6, 6.07) is 16.6. The minimum Gasteiger partial charge on any atom is -0.447 e. The fraction of sp³-hybridized carbons (Fsp3) is 0.364. The van der Waals surface area contributed by atoms with Crippen LogP contribution in [0.3, 0.4) is 0 Å². The normalized spacial score (nSPS) is 19.2. The number of urea groups is 1. The highest BCUT2D eigenvalue weighted by atomic mass is 16.6. The number of carbonyl (C=O) groups excluding carboxylic acids is 2. The number of carbonyl (C=O) groups is 2. The van der Waals surface area contributed by atoms with Crippen molar-refractivity contribution in [3.63, 3.8) is 0 Å². The van der Waals surface area contributed by atoms with Gasteiger partial charge in [-0.05, 0) is 55.8 Å². The molecule has 0 spiro atoms. The molecule has 0 bridgehead atoms. The Morgan fingerprint density at radius 1 is 1.00 bits per heavy atom. The zero-order valence-corrected chi connectivity index (χ0v) is 16.3. The predicted octanol–water partition coefficient (Wildman–Crippen LogP) is 3.75. The van der Waals surface area contributed by atoms with E-state index in [1.807, 2.05) is 54.6 Å². The first-order valence-electron chi connectivity index (χ1n) is 10.0. The highest BCUT2D eigenvalue weighted by Crippen LogP contribution is 2.21. The smallest absolute Gasteiger partial charge is 0.410 e.